The second-order valence-electron chi connectivity index (χ2n) is 13.4. The molecule has 4 heterocycles. The molecule has 0 radical (unpaired) electrons. The third-order valence-electron chi connectivity index (χ3n) is 9.45. The molecule has 0 saturated heterocycles. The number of carbonyl (C=O) groups excluding carboxylic acids is 2. The standard InChI is InChI=1S/C44H44N8O2/c53-43-37-17-9-19-39(49-25-11-27-51(29-33-13-1-5-21-45-33)30-34-14-2-6-22-46-34)41(37)44(54)42-38(43)18-10-20-40(42)50-26-12-28-52(31-35-15-3-7-23-47-35)32-36-16-4-8-24-48-36/h1-10,13-24,49-50H,11-12,25-32H2. The summed E-state index contributed by atoms with van der Waals surface area (Å²) in [5.74, 6) is -0.287. The van der Waals surface area contributed by atoms with Crippen LogP contribution in [0.2, 0.25) is 0 Å². The van der Waals surface area contributed by atoms with Crippen molar-refractivity contribution in [3.05, 3.63) is 179 Å². The maximum atomic E-state index is 14.3. The number of benzene rings is 2. The van der Waals surface area contributed by atoms with Gasteiger partial charge >= 0.3 is 0 Å². The van der Waals surface area contributed by atoms with E-state index < -0.39 is 0 Å². The Morgan fingerprint density at radius 2 is 0.796 bits per heavy atom. The third kappa shape index (κ3) is 9.27. The summed E-state index contributed by atoms with van der Waals surface area (Å²) in [7, 11) is 0. The second kappa shape index (κ2) is 18.1. The largest absolute Gasteiger partial charge is 0.384 e. The van der Waals surface area contributed by atoms with Crippen molar-refractivity contribution >= 4 is 22.9 Å². The number of nitrogens with one attached hydrogen (secondary N) is 2. The predicted octanol–water partition coefficient (Wildman–Crippen LogP) is 7.05. The number of nitrogens with zero attached hydrogens (tertiary/aromatic N) is 6. The second-order valence-corrected chi connectivity index (χ2v) is 13.4. The van der Waals surface area contributed by atoms with Gasteiger partial charge in [-0.05, 0) is 73.5 Å². The SMILES string of the molecule is O=C1c2cccc(NCCCN(Cc3ccccn3)Cc3ccccn3)c2C(=O)c2c(NCCCN(Cc3ccccn3)Cc3ccccn3)cccc21. The van der Waals surface area contributed by atoms with Gasteiger partial charge in [-0.2, -0.15) is 0 Å². The Labute approximate surface area is 316 Å². The molecule has 2 N–H and O–H groups in total. The summed E-state index contributed by atoms with van der Waals surface area (Å²) in [5.41, 5.74) is 7.06. The number of pyridine rings is 4. The number of carbonyl (C=O) groups is 2. The van der Waals surface area contributed by atoms with E-state index in [0.717, 1.165) is 48.7 Å². The maximum absolute atomic E-state index is 14.3. The average molecular weight is 717 g/mol. The molecule has 0 spiro atoms. The Morgan fingerprint density at radius 1 is 0.426 bits per heavy atom. The van der Waals surface area contributed by atoms with Gasteiger partial charge in [0.05, 0.1) is 33.9 Å². The lowest BCUT2D eigenvalue weighted by Gasteiger charge is -2.25. The van der Waals surface area contributed by atoms with Crippen LogP contribution in [0.25, 0.3) is 0 Å². The lowest BCUT2D eigenvalue weighted by Crippen LogP contribution is -2.27. The van der Waals surface area contributed by atoms with E-state index in [-0.39, 0.29) is 11.6 Å². The highest BCUT2D eigenvalue weighted by Gasteiger charge is 2.33. The average Bonchev–Trinajstić information content (AvgIpc) is 3.21. The van der Waals surface area contributed by atoms with Crippen LogP contribution in [0.1, 0.15) is 67.5 Å². The summed E-state index contributed by atoms with van der Waals surface area (Å²) < 4.78 is 0. The quantitative estimate of drug-likeness (QED) is 0.0896. The molecule has 0 bridgehead atoms. The van der Waals surface area contributed by atoms with Crippen LogP contribution in [-0.4, -0.2) is 67.5 Å². The van der Waals surface area contributed by atoms with Crippen molar-refractivity contribution in [3.8, 4) is 0 Å². The highest BCUT2D eigenvalue weighted by atomic mass is 16.1. The summed E-state index contributed by atoms with van der Waals surface area (Å²) in [6, 6.07) is 34.8. The maximum Gasteiger partial charge on any atom is 0.198 e. The van der Waals surface area contributed by atoms with Crippen molar-refractivity contribution in [2.24, 2.45) is 0 Å². The molecule has 0 saturated carbocycles. The van der Waals surface area contributed by atoms with Crippen molar-refractivity contribution in [1.29, 1.82) is 0 Å². The molecule has 7 rings (SSSR count). The number of hydrogen-bond acceptors (Lipinski definition) is 10. The smallest absolute Gasteiger partial charge is 0.198 e. The van der Waals surface area contributed by atoms with Crippen LogP contribution in [0.5, 0.6) is 0 Å². The van der Waals surface area contributed by atoms with Gasteiger partial charge in [-0.25, -0.2) is 0 Å². The molecule has 0 aliphatic heterocycles. The number of aromatic nitrogens is 4. The van der Waals surface area contributed by atoms with Crippen molar-refractivity contribution < 1.29 is 9.59 Å². The number of anilines is 2. The first kappa shape index (κ1) is 36.3. The Morgan fingerprint density at radius 3 is 1.13 bits per heavy atom. The van der Waals surface area contributed by atoms with Gasteiger partial charge < -0.3 is 10.6 Å². The Balaban J connectivity index is 0.998. The van der Waals surface area contributed by atoms with E-state index in [1.54, 1.807) is 12.1 Å². The first-order valence-electron chi connectivity index (χ1n) is 18.5. The predicted molar refractivity (Wildman–Crippen MR) is 211 cm³/mol. The minimum absolute atomic E-state index is 0.138. The van der Waals surface area contributed by atoms with Gasteiger partial charge in [0.15, 0.2) is 11.6 Å². The molecular weight excluding hydrogens is 673 g/mol. The number of ketones is 2. The zero-order valence-corrected chi connectivity index (χ0v) is 30.3. The molecule has 272 valence electrons. The van der Waals surface area contributed by atoms with Crippen LogP contribution in [-0.2, 0) is 26.2 Å². The number of rotatable bonds is 18. The van der Waals surface area contributed by atoms with Crippen LogP contribution in [0.4, 0.5) is 11.4 Å². The van der Waals surface area contributed by atoms with E-state index in [0.29, 0.717) is 72.9 Å². The fraction of sp³-hybridized carbons (Fsp3) is 0.227. The van der Waals surface area contributed by atoms with Gasteiger partial charge in [-0.3, -0.25) is 39.3 Å². The van der Waals surface area contributed by atoms with Crippen LogP contribution in [0.3, 0.4) is 0 Å². The normalized spacial score (nSPS) is 12.1. The van der Waals surface area contributed by atoms with Gasteiger partial charge in [0.1, 0.15) is 0 Å². The van der Waals surface area contributed by atoms with Crippen molar-refractivity contribution in [1.82, 2.24) is 29.7 Å². The minimum atomic E-state index is -0.148. The molecule has 2 aromatic carbocycles. The Kier molecular flexibility index (Phi) is 12.2. The summed E-state index contributed by atoms with van der Waals surface area (Å²) in [6.07, 6.45) is 8.88. The lowest BCUT2D eigenvalue weighted by molar-refractivity contribution is 0.0980. The fourth-order valence-corrected chi connectivity index (χ4v) is 6.90. The lowest BCUT2D eigenvalue weighted by atomic mass is 9.82. The molecule has 0 amide bonds. The highest BCUT2D eigenvalue weighted by Crippen LogP contribution is 2.35. The molecule has 0 atom stereocenters. The Bertz CT molecular complexity index is 1900. The fourth-order valence-electron chi connectivity index (χ4n) is 6.90. The molecule has 0 fully saturated rings. The monoisotopic (exact) mass is 716 g/mol. The zero-order chi connectivity index (χ0) is 37.0. The number of fused-ring (bicyclic) bond motifs is 2. The summed E-state index contributed by atoms with van der Waals surface area (Å²) in [6.45, 7) is 5.63. The first-order valence-corrected chi connectivity index (χ1v) is 18.5. The van der Waals surface area contributed by atoms with Crippen LogP contribution >= 0.6 is 0 Å². The highest BCUT2D eigenvalue weighted by molar-refractivity contribution is 6.31. The van der Waals surface area contributed by atoms with Crippen molar-refractivity contribution in [2.45, 2.75) is 39.0 Å². The zero-order valence-electron chi connectivity index (χ0n) is 30.3. The van der Waals surface area contributed by atoms with E-state index in [4.69, 9.17) is 0 Å². The van der Waals surface area contributed by atoms with E-state index in [1.165, 1.54) is 0 Å². The van der Waals surface area contributed by atoms with E-state index in [9.17, 15) is 9.59 Å². The molecule has 54 heavy (non-hydrogen) atoms. The van der Waals surface area contributed by atoms with Gasteiger partial charge in [0, 0.05) is 99.6 Å². The first-order chi connectivity index (χ1) is 26.6. The molecule has 10 heteroatoms. The van der Waals surface area contributed by atoms with E-state index >= 15 is 0 Å². The van der Waals surface area contributed by atoms with Crippen molar-refractivity contribution in [3.63, 3.8) is 0 Å². The molecule has 10 nitrogen and oxygen atoms in total. The van der Waals surface area contributed by atoms with Gasteiger partial charge in [0.2, 0.25) is 0 Å². The van der Waals surface area contributed by atoms with Crippen LogP contribution in [0.15, 0.2) is 134 Å². The van der Waals surface area contributed by atoms with Crippen molar-refractivity contribution in [2.75, 3.05) is 36.8 Å². The van der Waals surface area contributed by atoms with Gasteiger partial charge in [-0.15, -0.1) is 0 Å². The van der Waals surface area contributed by atoms with E-state index in [2.05, 4.69) is 40.4 Å². The van der Waals surface area contributed by atoms with Crippen LogP contribution < -0.4 is 10.6 Å². The summed E-state index contributed by atoms with van der Waals surface area (Å²) in [5, 5.41) is 6.99. The van der Waals surface area contributed by atoms with Crippen LogP contribution in [0, 0.1) is 0 Å². The minimum Gasteiger partial charge on any atom is -0.384 e. The molecule has 6 aromatic rings. The summed E-state index contributed by atoms with van der Waals surface area (Å²) >= 11 is 0. The molecule has 0 unspecified atom stereocenters. The molecule has 1 aliphatic carbocycles. The van der Waals surface area contributed by atoms with Gasteiger partial charge in [-0.1, -0.05) is 48.5 Å². The number of hydrogen-bond donors (Lipinski definition) is 2. The van der Waals surface area contributed by atoms with Gasteiger partial charge in [0.25, 0.3) is 0 Å². The topological polar surface area (TPSA) is 116 Å². The summed E-state index contributed by atoms with van der Waals surface area (Å²) in [4.78, 5) is 50.9. The molecular formula is C44H44N8O2. The molecule has 1 aliphatic rings. The Hall–Kier alpha value is -6.10. The molecule has 4 aromatic heterocycles. The third-order valence-corrected chi connectivity index (χ3v) is 9.45. The van der Waals surface area contributed by atoms with E-state index in [1.807, 2.05) is 122 Å².